The highest BCUT2D eigenvalue weighted by molar-refractivity contribution is 5.97. The van der Waals surface area contributed by atoms with Crippen molar-refractivity contribution >= 4 is 16.5 Å². The second-order valence-corrected chi connectivity index (χ2v) is 6.53. The molecule has 1 aliphatic heterocycles. The summed E-state index contributed by atoms with van der Waals surface area (Å²) in [6, 6.07) is 9.83. The molecule has 2 aromatic carbocycles. The fourth-order valence-corrected chi connectivity index (χ4v) is 3.61. The molecule has 0 saturated carbocycles. The molecular weight excluding hydrogens is 355 g/mol. The van der Waals surface area contributed by atoms with Crippen LogP contribution in [0.5, 0.6) is 6.01 Å². The normalized spacial score (nSPS) is 14.7. The quantitative estimate of drug-likeness (QED) is 0.658. The summed E-state index contributed by atoms with van der Waals surface area (Å²) in [5, 5.41) is 0.809. The molecule has 1 aromatic heterocycles. The van der Waals surface area contributed by atoms with E-state index in [2.05, 4.69) is 9.97 Å². The van der Waals surface area contributed by atoms with Crippen molar-refractivity contribution in [2.75, 3.05) is 18.6 Å². The van der Waals surface area contributed by atoms with Gasteiger partial charge < -0.3 is 9.64 Å². The van der Waals surface area contributed by atoms with Crippen molar-refractivity contribution in [1.29, 1.82) is 0 Å². The molecule has 0 bridgehead atoms. The molecule has 1 aliphatic rings. The summed E-state index contributed by atoms with van der Waals surface area (Å²) in [6.07, 6.45) is -1.07. The van der Waals surface area contributed by atoms with Crippen molar-refractivity contribution in [1.82, 2.24) is 9.97 Å². The molecule has 0 atom stereocenters. The summed E-state index contributed by atoms with van der Waals surface area (Å²) in [6.45, 7) is 1.06. The molecule has 0 amide bonds. The summed E-state index contributed by atoms with van der Waals surface area (Å²) >= 11 is 0. The SMILES string of the molecule is COc1ncc2c(n1)CN(c1cccc3cccc(C(F)(F)F)c13)CCC2. The van der Waals surface area contributed by atoms with Gasteiger partial charge in [0.2, 0.25) is 0 Å². The van der Waals surface area contributed by atoms with Gasteiger partial charge in [-0.2, -0.15) is 18.2 Å². The molecule has 140 valence electrons. The molecule has 0 saturated heterocycles. The van der Waals surface area contributed by atoms with Crippen molar-refractivity contribution in [3.8, 4) is 6.01 Å². The zero-order valence-electron chi connectivity index (χ0n) is 14.8. The van der Waals surface area contributed by atoms with E-state index in [0.717, 1.165) is 30.2 Å². The van der Waals surface area contributed by atoms with Gasteiger partial charge >= 0.3 is 12.2 Å². The molecule has 0 spiro atoms. The van der Waals surface area contributed by atoms with E-state index in [1.54, 1.807) is 30.5 Å². The maximum atomic E-state index is 13.6. The van der Waals surface area contributed by atoms with Gasteiger partial charge in [0, 0.05) is 23.8 Å². The largest absolute Gasteiger partial charge is 0.467 e. The fourth-order valence-electron chi connectivity index (χ4n) is 3.61. The molecule has 2 heterocycles. The summed E-state index contributed by atoms with van der Waals surface area (Å²) < 4.78 is 46.0. The zero-order valence-corrected chi connectivity index (χ0v) is 14.8. The zero-order chi connectivity index (χ0) is 19.0. The highest BCUT2D eigenvalue weighted by Crippen LogP contribution is 2.40. The summed E-state index contributed by atoms with van der Waals surface area (Å²) in [7, 11) is 1.50. The van der Waals surface area contributed by atoms with Crippen LogP contribution in [0.3, 0.4) is 0 Å². The number of anilines is 1. The van der Waals surface area contributed by atoms with Gasteiger partial charge in [-0.25, -0.2) is 4.98 Å². The standard InChI is InChI=1S/C20H18F3N3O/c1-27-19-24-11-14-7-4-10-26(12-16(14)25-19)17-9-3-6-13-5-2-8-15(18(13)17)20(21,22)23/h2-3,5-6,8-9,11H,4,7,10,12H2,1H3. The van der Waals surface area contributed by atoms with Crippen LogP contribution in [0.1, 0.15) is 23.2 Å². The first-order valence-corrected chi connectivity index (χ1v) is 8.70. The minimum atomic E-state index is -4.41. The molecule has 0 aliphatic carbocycles. The van der Waals surface area contributed by atoms with E-state index < -0.39 is 11.7 Å². The van der Waals surface area contributed by atoms with Gasteiger partial charge in [-0.3, -0.25) is 0 Å². The highest BCUT2D eigenvalue weighted by Gasteiger charge is 2.34. The number of alkyl halides is 3. The Hall–Kier alpha value is -2.83. The summed E-state index contributed by atoms with van der Waals surface area (Å²) in [5.74, 6) is 0. The van der Waals surface area contributed by atoms with Gasteiger partial charge in [0.05, 0.1) is 24.9 Å². The predicted octanol–water partition coefficient (Wildman–Crippen LogP) is 4.61. The molecule has 0 fully saturated rings. The minimum absolute atomic E-state index is 0.233. The van der Waals surface area contributed by atoms with E-state index in [9.17, 15) is 13.2 Å². The highest BCUT2D eigenvalue weighted by atomic mass is 19.4. The first kappa shape index (κ1) is 17.6. The lowest BCUT2D eigenvalue weighted by atomic mass is 10.0. The Bertz CT molecular complexity index is 983. The van der Waals surface area contributed by atoms with Crippen LogP contribution in [0, 0.1) is 0 Å². The van der Waals surface area contributed by atoms with Crippen LogP contribution in [-0.2, 0) is 19.1 Å². The Kier molecular flexibility index (Phi) is 4.37. The maximum absolute atomic E-state index is 13.6. The number of aromatic nitrogens is 2. The maximum Gasteiger partial charge on any atom is 0.417 e. The summed E-state index contributed by atoms with van der Waals surface area (Å²) in [5.41, 5.74) is 1.77. The van der Waals surface area contributed by atoms with E-state index in [1.165, 1.54) is 13.2 Å². The number of hydrogen-bond acceptors (Lipinski definition) is 4. The van der Waals surface area contributed by atoms with Gasteiger partial charge in [-0.15, -0.1) is 0 Å². The number of rotatable bonds is 2. The Morgan fingerprint density at radius 3 is 2.63 bits per heavy atom. The first-order chi connectivity index (χ1) is 13.0. The average Bonchev–Trinajstić information content (AvgIpc) is 2.87. The van der Waals surface area contributed by atoms with Gasteiger partial charge in [-0.05, 0) is 35.9 Å². The van der Waals surface area contributed by atoms with Crippen LogP contribution >= 0.6 is 0 Å². The number of nitrogens with zero attached hydrogens (tertiary/aromatic N) is 3. The second-order valence-electron chi connectivity index (χ2n) is 6.53. The van der Waals surface area contributed by atoms with Crippen LogP contribution < -0.4 is 9.64 Å². The molecule has 0 N–H and O–H groups in total. The number of hydrogen-bond donors (Lipinski definition) is 0. The van der Waals surface area contributed by atoms with Gasteiger partial charge in [-0.1, -0.05) is 24.3 Å². The van der Waals surface area contributed by atoms with Gasteiger partial charge in [0.1, 0.15) is 0 Å². The number of benzene rings is 2. The van der Waals surface area contributed by atoms with Crippen molar-refractivity contribution in [3.63, 3.8) is 0 Å². The number of methoxy groups -OCH3 is 1. The minimum Gasteiger partial charge on any atom is -0.467 e. The van der Waals surface area contributed by atoms with Crippen LogP contribution in [0.25, 0.3) is 10.8 Å². The molecule has 4 nitrogen and oxygen atoms in total. The number of fused-ring (bicyclic) bond motifs is 2. The molecule has 7 heteroatoms. The molecule has 4 rings (SSSR count). The van der Waals surface area contributed by atoms with Gasteiger partial charge in [0.15, 0.2) is 0 Å². The lowest BCUT2D eigenvalue weighted by molar-refractivity contribution is -0.136. The lowest BCUT2D eigenvalue weighted by Gasteiger charge is -2.26. The van der Waals surface area contributed by atoms with E-state index >= 15 is 0 Å². The van der Waals surface area contributed by atoms with Crippen LogP contribution in [0.2, 0.25) is 0 Å². The number of aryl methyl sites for hydroxylation is 1. The van der Waals surface area contributed by atoms with Crippen molar-refractivity contribution < 1.29 is 17.9 Å². The fraction of sp³-hybridized carbons (Fsp3) is 0.300. The van der Waals surface area contributed by atoms with E-state index in [0.29, 0.717) is 24.2 Å². The Morgan fingerprint density at radius 1 is 1.11 bits per heavy atom. The average molecular weight is 373 g/mol. The van der Waals surface area contributed by atoms with Crippen LogP contribution in [0.15, 0.2) is 42.6 Å². The third-order valence-electron chi connectivity index (χ3n) is 4.86. The van der Waals surface area contributed by atoms with Crippen molar-refractivity contribution in [3.05, 3.63) is 59.4 Å². The van der Waals surface area contributed by atoms with Crippen LogP contribution in [0.4, 0.5) is 18.9 Å². The Labute approximate surface area is 154 Å². The first-order valence-electron chi connectivity index (χ1n) is 8.70. The lowest BCUT2D eigenvalue weighted by Crippen LogP contribution is -2.24. The molecular formula is C20H18F3N3O. The van der Waals surface area contributed by atoms with E-state index in [-0.39, 0.29) is 11.4 Å². The summed E-state index contributed by atoms with van der Waals surface area (Å²) in [4.78, 5) is 10.5. The topological polar surface area (TPSA) is 38.3 Å². The Balaban J connectivity index is 1.84. The molecule has 0 radical (unpaired) electrons. The van der Waals surface area contributed by atoms with Gasteiger partial charge in [0.25, 0.3) is 0 Å². The molecule has 0 unspecified atom stereocenters. The van der Waals surface area contributed by atoms with Crippen molar-refractivity contribution in [2.24, 2.45) is 0 Å². The van der Waals surface area contributed by atoms with Crippen LogP contribution in [-0.4, -0.2) is 23.6 Å². The molecule has 27 heavy (non-hydrogen) atoms. The third kappa shape index (κ3) is 3.29. The third-order valence-corrected chi connectivity index (χ3v) is 4.86. The smallest absolute Gasteiger partial charge is 0.417 e. The number of ether oxygens (including phenoxy) is 1. The molecule has 3 aromatic rings. The van der Waals surface area contributed by atoms with Crippen molar-refractivity contribution in [2.45, 2.75) is 25.6 Å². The van der Waals surface area contributed by atoms with E-state index in [1.807, 2.05) is 4.90 Å². The monoisotopic (exact) mass is 373 g/mol. The predicted molar refractivity (Wildman–Crippen MR) is 96.9 cm³/mol. The number of halogens is 3. The van der Waals surface area contributed by atoms with E-state index in [4.69, 9.17) is 4.74 Å². The Morgan fingerprint density at radius 2 is 1.89 bits per heavy atom. The second kappa shape index (κ2) is 6.72.